The first-order valence-electron chi connectivity index (χ1n) is 6.22. The highest BCUT2D eigenvalue weighted by atomic mass is 35.5. The zero-order chi connectivity index (χ0) is 14.9. The quantitative estimate of drug-likeness (QED) is 0.911. The first kappa shape index (κ1) is 14.4. The van der Waals surface area contributed by atoms with E-state index in [1.54, 1.807) is 24.3 Å². The zero-order valence-corrected chi connectivity index (χ0v) is 11.9. The van der Waals surface area contributed by atoms with Crippen molar-refractivity contribution in [1.29, 1.82) is 0 Å². The molecule has 0 unspecified atom stereocenters. The van der Waals surface area contributed by atoms with Crippen molar-refractivity contribution < 1.29 is 5.11 Å². The van der Waals surface area contributed by atoms with Gasteiger partial charge in [-0.15, -0.1) is 0 Å². The van der Waals surface area contributed by atoms with Gasteiger partial charge in [-0.1, -0.05) is 37.6 Å². The van der Waals surface area contributed by atoms with Crippen LogP contribution in [0.4, 0.5) is 0 Å². The van der Waals surface area contributed by atoms with Crippen LogP contribution in [0.15, 0.2) is 33.9 Å². The Hall–Kier alpha value is -2.01. The number of nitrogens with one attached hydrogen (secondary N) is 1. The van der Waals surface area contributed by atoms with E-state index in [1.165, 1.54) is 0 Å². The minimum absolute atomic E-state index is 0.0712. The Kier molecular flexibility index (Phi) is 3.99. The second-order valence-electron chi connectivity index (χ2n) is 4.97. The van der Waals surface area contributed by atoms with Crippen molar-refractivity contribution in [2.24, 2.45) is 5.92 Å². The minimum Gasteiger partial charge on any atom is -0.494 e. The van der Waals surface area contributed by atoms with Crippen molar-refractivity contribution in [3.05, 3.63) is 50.1 Å². The lowest BCUT2D eigenvalue weighted by Crippen LogP contribution is -2.32. The molecule has 0 saturated heterocycles. The van der Waals surface area contributed by atoms with Crippen molar-refractivity contribution in [1.82, 2.24) is 9.55 Å². The highest BCUT2D eigenvalue weighted by molar-refractivity contribution is 6.30. The van der Waals surface area contributed by atoms with E-state index in [9.17, 15) is 14.7 Å². The number of rotatable bonds is 3. The fourth-order valence-electron chi connectivity index (χ4n) is 1.97. The number of hydrogen-bond donors (Lipinski definition) is 2. The Morgan fingerprint density at radius 1 is 1.25 bits per heavy atom. The molecule has 2 rings (SSSR count). The summed E-state index contributed by atoms with van der Waals surface area (Å²) in [4.78, 5) is 25.9. The molecule has 0 aliphatic heterocycles. The number of aromatic amines is 1. The van der Waals surface area contributed by atoms with Crippen LogP contribution in [0.2, 0.25) is 5.02 Å². The summed E-state index contributed by atoms with van der Waals surface area (Å²) in [6.07, 6.45) is 0. The summed E-state index contributed by atoms with van der Waals surface area (Å²) in [5.74, 6) is -0.169. The molecule has 1 heterocycles. The third kappa shape index (κ3) is 2.77. The van der Waals surface area contributed by atoms with E-state index in [-0.39, 0.29) is 17.4 Å². The Bertz CT molecular complexity index is 730. The molecule has 106 valence electrons. The van der Waals surface area contributed by atoms with E-state index in [4.69, 9.17) is 11.6 Å². The molecular formula is C14H15ClN2O3. The standard InChI is InChI=1S/C14H15ClN2O3/c1-8(2)7-17-13(19)11(12(18)16-14(17)20)9-3-5-10(15)6-4-9/h3-6,8,19H,7H2,1-2H3,(H,16,18,20). The maximum absolute atomic E-state index is 11.9. The molecule has 1 aromatic carbocycles. The van der Waals surface area contributed by atoms with Crippen LogP contribution >= 0.6 is 11.6 Å². The molecule has 0 spiro atoms. The van der Waals surface area contributed by atoms with Gasteiger partial charge in [0.25, 0.3) is 5.56 Å². The fraction of sp³-hybridized carbons (Fsp3) is 0.286. The van der Waals surface area contributed by atoms with Crippen LogP contribution in [-0.2, 0) is 6.54 Å². The Morgan fingerprint density at radius 3 is 2.40 bits per heavy atom. The van der Waals surface area contributed by atoms with Crippen molar-refractivity contribution in [3.8, 4) is 17.0 Å². The molecule has 0 fully saturated rings. The molecule has 5 nitrogen and oxygen atoms in total. The number of benzene rings is 1. The number of H-pyrrole nitrogens is 1. The third-order valence-corrected chi connectivity index (χ3v) is 3.10. The van der Waals surface area contributed by atoms with Crippen LogP contribution in [0.25, 0.3) is 11.1 Å². The zero-order valence-electron chi connectivity index (χ0n) is 11.2. The second-order valence-corrected chi connectivity index (χ2v) is 5.41. The van der Waals surface area contributed by atoms with Crippen LogP contribution in [0.5, 0.6) is 5.88 Å². The molecular weight excluding hydrogens is 280 g/mol. The summed E-state index contributed by atoms with van der Waals surface area (Å²) in [6, 6.07) is 6.48. The summed E-state index contributed by atoms with van der Waals surface area (Å²) in [5, 5.41) is 10.8. The molecule has 20 heavy (non-hydrogen) atoms. The normalized spacial score (nSPS) is 11.0. The van der Waals surface area contributed by atoms with Crippen LogP contribution in [0.3, 0.4) is 0 Å². The van der Waals surface area contributed by atoms with Crippen LogP contribution in [0, 0.1) is 5.92 Å². The predicted molar refractivity (Wildman–Crippen MR) is 78.3 cm³/mol. The topological polar surface area (TPSA) is 75.1 Å². The van der Waals surface area contributed by atoms with Gasteiger partial charge in [-0.05, 0) is 23.6 Å². The second kappa shape index (κ2) is 5.54. The number of aromatic nitrogens is 2. The van der Waals surface area contributed by atoms with Gasteiger partial charge in [-0.25, -0.2) is 4.79 Å². The maximum atomic E-state index is 11.9. The first-order chi connectivity index (χ1) is 9.40. The van der Waals surface area contributed by atoms with E-state index >= 15 is 0 Å². The van der Waals surface area contributed by atoms with Gasteiger partial charge in [-0.2, -0.15) is 0 Å². The highest BCUT2D eigenvalue weighted by Crippen LogP contribution is 2.25. The molecule has 1 aromatic heterocycles. The van der Waals surface area contributed by atoms with Gasteiger partial charge in [0.15, 0.2) is 0 Å². The Labute approximate surface area is 120 Å². The predicted octanol–water partition coefficient (Wildman–Crippen LogP) is 2.22. The molecule has 0 radical (unpaired) electrons. The SMILES string of the molecule is CC(C)Cn1c(O)c(-c2ccc(Cl)cc2)c(=O)[nH]c1=O. The Balaban J connectivity index is 2.67. The van der Waals surface area contributed by atoms with E-state index in [0.29, 0.717) is 17.1 Å². The van der Waals surface area contributed by atoms with Gasteiger partial charge < -0.3 is 5.11 Å². The molecule has 0 aliphatic rings. The summed E-state index contributed by atoms with van der Waals surface area (Å²) >= 11 is 5.80. The number of aromatic hydroxyl groups is 1. The largest absolute Gasteiger partial charge is 0.494 e. The van der Waals surface area contributed by atoms with Gasteiger partial charge >= 0.3 is 5.69 Å². The molecule has 0 amide bonds. The lowest BCUT2D eigenvalue weighted by atomic mass is 10.1. The average molecular weight is 295 g/mol. The lowest BCUT2D eigenvalue weighted by Gasteiger charge is -2.13. The monoisotopic (exact) mass is 294 g/mol. The fourth-order valence-corrected chi connectivity index (χ4v) is 2.10. The molecule has 2 aromatic rings. The number of hydrogen-bond acceptors (Lipinski definition) is 3. The van der Waals surface area contributed by atoms with Gasteiger partial charge in [0.05, 0.1) is 0 Å². The van der Waals surface area contributed by atoms with Crippen LogP contribution < -0.4 is 11.2 Å². The van der Waals surface area contributed by atoms with Crippen LogP contribution in [0.1, 0.15) is 13.8 Å². The molecule has 0 aliphatic carbocycles. The van der Waals surface area contributed by atoms with Crippen molar-refractivity contribution in [2.75, 3.05) is 0 Å². The number of halogens is 1. The van der Waals surface area contributed by atoms with Crippen molar-refractivity contribution >= 4 is 11.6 Å². The third-order valence-electron chi connectivity index (χ3n) is 2.85. The average Bonchev–Trinajstić information content (AvgIpc) is 2.36. The molecule has 6 heteroatoms. The molecule has 0 bridgehead atoms. The van der Waals surface area contributed by atoms with E-state index in [1.807, 2.05) is 13.8 Å². The van der Waals surface area contributed by atoms with Gasteiger partial charge in [-0.3, -0.25) is 14.3 Å². The summed E-state index contributed by atoms with van der Waals surface area (Å²) in [5.41, 5.74) is -0.652. The number of nitrogens with zero attached hydrogens (tertiary/aromatic N) is 1. The van der Waals surface area contributed by atoms with E-state index in [2.05, 4.69) is 4.98 Å². The van der Waals surface area contributed by atoms with E-state index in [0.717, 1.165) is 4.57 Å². The van der Waals surface area contributed by atoms with Crippen LogP contribution in [-0.4, -0.2) is 14.7 Å². The summed E-state index contributed by atoms with van der Waals surface area (Å²) in [6.45, 7) is 4.15. The molecule has 0 saturated carbocycles. The van der Waals surface area contributed by atoms with Gasteiger partial charge in [0, 0.05) is 11.6 Å². The highest BCUT2D eigenvalue weighted by Gasteiger charge is 2.16. The van der Waals surface area contributed by atoms with Gasteiger partial charge in [0.2, 0.25) is 5.88 Å². The Morgan fingerprint density at radius 2 is 1.85 bits per heavy atom. The summed E-state index contributed by atoms with van der Waals surface area (Å²) < 4.78 is 1.16. The van der Waals surface area contributed by atoms with Crippen molar-refractivity contribution in [2.45, 2.75) is 20.4 Å². The van der Waals surface area contributed by atoms with E-state index < -0.39 is 11.2 Å². The molecule has 2 N–H and O–H groups in total. The molecule has 0 atom stereocenters. The lowest BCUT2D eigenvalue weighted by molar-refractivity contribution is 0.378. The smallest absolute Gasteiger partial charge is 0.331 e. The first-order valence-corrected chi connectivity index (χ1v) is 6.60. The minimum atomic E-state index is -0.616. The maximum Gasteiger partial charge on any atom is 0.331 e. The van der Waals surface area contributed by atoms with Crippen molar-refractivity contribution in [3.63, 3.8) is 0 Å². The summed E-state index contributed by atoms with van der Waals surface area (Å²) in [7, 11) is 0. The van der Waals surface area contributed by atoms with Gasteiger partial charge in [0.1, 0.15) is 5.56 Å².